The normalized spacial score (nSPS) is 10.9. The van der Waals surface area contributed by atoms with Crippen molar-refractivity contribution in [3.05, 3.63) is 53.4 Å². The van der Waals surface area contributed by atoms with E-state index in [-0.39, 0.29) is 0 Å². The third-order valence-corrected chi connectivity index (χ3v) is 3.46. The van der Waals surface area contributed by atoms with Crippen molar-refractivity contribution in [2.45, 2.75) is 27.3 Å². The number of nitrogens with zero attached hydrogens (tertiary/aromatic N) is 4. The van der Waals surface area contributed by atoms with Crippen LogP contribution in [0.15, 0.2) is 35.1 Å². The molecule has 0 bridgehead atoms. The third kappa shape index (κ3) is 2.34. The van der Waals surface area contributed by atoms with Crippen molar-refractivity contribution in [2.75, 3.05) is 0 Å². The van der Waals surface area contributed by atoms with E-state index < -0.39 is 0 Å². The van der Waals surface area contributed by atoms with Gasteiger partial charge in [0.2, 0.25) is 11.7 Å². The fourth-order valence-electron chi connectivity index (χ4n) is 2.03. The second-order valence-corrected chi connectivity index (χ2v) is 4.91. The lowest BCUT2D eigenvalue weighted by molar-refractivity contribution is 0.370. The highest BCUT2D eigenvalue weighted by Crippen LogP contribution is 2.19. The number of benzene rings is 1. The van der Waals surface area contributed by atoms with Gasteiger partial charge in [-0.2, -0.15) is 4.98 Å². The van der Waals surface area contributed by atoms with E-state index in [9.17, 15) is 0 Å². The Morgan fingerprint density at radius 3 is 2.70 bits per heavy atom. The summed E-state index contributed by atoms with van der Waals surface area (Å²) in [5.74, 6) is 2.14. The standard InChI is InChI=1S/C15H16N4O/c1-10-4-5-13(8-11(10)2)15-17-14(20-18-15)9-19-7-6-16-12(19)3/h4-8H,9H2,1-3H3. The van der Waals surface area contributed by atoms with Gasteiger partial charge in [0.15, 0.2) is 0 Å². The summed E-state index contributed by atoms with van der Waals surface area (Å²) in [5.41, 5.74) is 3.45. The van der Waals surface area contributed by atoms with Crippen LogP contribution in [0.3, 0.4) is 0 Å². The molecule has 0 radical (unpaired) electrons. The minimum Gasteiger partial charge on any atom is -0.337 e. The van der Waals surface area contributed by atoms with Gasteiger partial charge in [0.1, 0.15) is 12.4 Å². The molecular formula is C15H16N4O. The Labute approximate surface area is 117 Å². The van der Waals surface area contributed by atoms with Crippen LogP contribution in [0.25, 0.3) is 11.4 Å². The lowest BCUT2D eigenvalue weighted by atomic mass is 10.1. The topological polar surface area (TPSA) is 56.7 Å². The molecule has 3 rings (SSSR count). The number of hydrogen-bond acceptors (Lipinski definition) is 4. The van der Waals surface area contributed by atoms with Gasteiger partial charge < -0.3 is 9.09 Å². The zero-order valence-electron chi connectivity index (χ0n) is 11.8. The first-order valence-electron chi connectivity index (χ1n) is 6.51. The van der Waals surface area contributed by atoms with Crippen LogP contribution < -0.4 is 0 Å². The van der Waals surface area contributed by atoms with Crippen LogP contribution >= 0.6 is 0 Å². The fourth-order valence-corrected chi connectivity index (χ4v) is 2.03. The molecule has 0 atom stereocenters. The minimum atomic E-state index is 0.545. The molecule has 0 aliphatic carbocycles. The van der Waals surface area contributed by atoms with E-state index in [4.69, 9.17) is 4.52 Å². The quantitative estimate of drug-likeness (QED) is 0.733. The smallest absolute Gasteiger partial charge is 0.246 e. The van der Waals surface area contributed by atoms with Gasteiger partial charge in [-0.25, -0.2) is 4.98 Å². The van der Waals surface area contributed by atoms with Crippen LogP contribution in [-0.4, -0.2) is 19.7 Å². The molecule has 0 N–H and O–H groups in total. The van der Waals surface area contributed by atoms with Gasteiger partial charge in [0.05, 0.1) is 0 Å². The molecule has 0 aliphatic rings. The van der Waals surface area contributed by atoms with Gasteiger partial charge in [0, 0.05) is 18.0 Å². The van der Waals surface area contributed by atoms with Crippen LogP contribution in [-0.2, 0) is 6.54 Å². The second kappa shape index (κ2) is 4.92. The van der Waals surface area contributed by atoms with E-state index in [1.807, 2.05) is 23.8 Å². The molecule has 0 spiro atoms. The summed E-state index contributed by atoms with van der Waals surface area (Å²) in [6.07, 6.45) is 3.66. The van der Waals surface area contributed by atoms with E-state index in [1.54, 1.807) is 6.20 Å². The van der Waals surface area contributed by atoms with Gasteiger partial charge in [-0.1, -0.05) is 17.3 Å². The van der Waals surface area contributed by atoms with Crippen molar-refractivity contribution in [2.24, 2.45) is 0 Å². The van der Waals surface area contributed by atoms with Crippen LogP contribution in [0.4, 0.5) is 0 Å². The molecular weight excluding hydrogens is 252 g/mol. The maximum absolute atomic E-state index is 5.31. The molecule has 1 aromatic carbocycles. The van der Waals surface area contributed by atoms with E-state index in [0.29, 0.717) is 18.3 Å². The number of aromatic nitrogens is 4. The first-order valence-corrected chi connectivity index (χ1v) is 6.51. The van der Waals surface area contributed by atoms with Gasteiger partial charge in [-0.3, -0.25) is 0 Å². The van der Waals surface area contributed by atoms with E-state index in [1.165, 1.54) is 11.1 Å². The zero-order chi connectivity index (χ0) is 14.1. The first-order chi connectivity index (χ1) is 9.63. The Balaban J connectivity index is 1.86. The molecule has 5 nitrogen and oxygen atoms in total. The van der Waals surface area contributed by atoms with Crippen molar-refractivity contribution in [1.82, 2.24) is 19.7 Å². The minimum absolute atomic E-state index is 0.545. The van der Waals surface area contributed by atoms with Crippen molar-refractivity contribution in [3.63, 3.8) is 0 Å². The number of rotatable bonds is 3. The molecule has 2 aromatic heterocycles. The summed E-state index contributed by atoms with van der Waals surface area (Å²) < 4.78 is 7.28. The van der Waals surface area contributed by atoms with E-state index in [2.05, 4.69) is 41.1 Å². The largest absolute Gasteiger partial charge is 0.337 e. The Hall–Kier alpha value is -2.43. The fraction of sp³-hybridized carbons (Fsp3) is 0.267. The third-order valence-electron chi connectivity index (χ3n) is 3.46. The maximum atomic E-state index is 5.31. The van der Waals surface area contributed by atoms with Crippen molar-refractivity contribution in [1.29, 1.82) is 0 Å². The summed E-state index contributed by atoms with van der Waals surface area (Å²) in [5, 5.41) is 4.05. The van der Waals surface area contributed by atoms with Crippen LogP contribution in [0, 0.1) is 20.8 Å². The number of hydrogen-bond donors (Lipinski definition) is 0. The predicted molar refractivity (Wildman–Crippen MR) is 75.3 cm³/mol. The second-order valence-electron chi connectivity index (χ2n) is 4.91. The molecule has 0 saturated carbocycles. The van der Waals surface area contributed by atoms with E-state index in [0.717, 1.165) is 11.4 Å². The summed E-state index contributed by atoms with van der Waals surface area (Å²) >= 11 is 0. The van der Waals surface area contributed by atoms with Crippen LogP contribution in [0.2, 0.25) is 0 Å². The van der Waals surface area contributed by atoms with E-state index >= 15 is 0 Å². The molecule has 3 aromatic rings. The molecule has 2 heterocycles. The summed E-state index contributed by atoms with van der Waals surface area (Å²) in [6, 6.07) is 6.16. The highest BCUT2D eigenvalue weighted by atomic mass is 16.5. The Kier molecular flexibility index (Phi) is 3.10. The number of aryl methyl sites for hydroxylation is 3. The van der Waals surface area contributed by atoms with Gasteiger partial charge in [-0.05, 0) is 38.0 Å². The highest BCUT2D eigenvalue weighted by molar-refractivity contribution is 5.56. The molecule has 5 heteroatoms. The van der Waals surface area contributed by atoms with Gasteiger partial charge in [-0.15, -0.1) is 0 Å². The molecule has 0 fully saturated rings. The molecule has 102 valence electrons. The monoisotopic (exact) mass is 268 g/mol. The summed E-state index contributed by atoms with van der Waals surface area (Å²) in [7, 11) is 0. The lowest BCUT2D eigenvalue weighted by Crippen LogP contribution is -2.00. The Morgan fingerprint density at radius 1 is 1.15 bits per heavy atom. The molecule has 0 saturated heterocycles. The lowest BCUT2D eigenvalue weighted by Gasteiger charge is -2.01. The van der Waals surface area contributed by atoms with Crippen molar-refractivity contribution in [3.8, 4) is 11.4 Å². The molecule has 0 amide bonds. The summed E-state index contributed by atoms with van der Waals surface area (Å²) in [4.78, 5) is 8.61. The van der Waals surface area contributed by atoms with Gasteiger partial charge in [0.25, 0.3) is 0 Å². The Morgan fingerprint density at radius 2 is 2.00 bits per heavy atom. The molecule has 0 aliphatic heterocycles. The highest BCUT2D eigenvalue weighted by Gasteiger charge is 2.10. The molecule has 0 unspecified atom stereocenters. The van der Waals surface area contributed by atoms with Crippen molar-refractivity contribution >= 4 is 0 Å². The predicted octanol–water partition coefficient (Wildman–Crippen LogP) is 2.91. The van der Waals surface area contributed by atoms with Crippen LogP contribution in [0.1, 0.15) is 22.8 Å². The van der Waals surface area contributed by atoms with Crippen LogP contribution in [0.5, 0.6) is 0 Å². The summed E-state index contributed by atoms with van der Waals surface area (Å²) in [6.45, 7) is 6.65. The van der Waals surface area contributed by atoms with Gasteiger partial charge >= 0.3 is 0 Å². The zero-order valence-corrected chi connectivity index (χ0v) is 11.8. The number of imidazole rings is 1. The first kappa shape index (κ1) is 12.6. The molecule has 20 heavy (non-hydrogen) atoms. The average Bonchev–Trinajstić information content (AvgIpc) is 3.04. The Bertz CT molecular complexity index is 742. The SMILES string of the molecule is Cc1ccc(-c2noc(Cn3ccnc3C)n2)cc1C. The average molecular weight is 268 g/mol. The van der Waals surface area contributed by atoms with Crippen molar-refractivity contribution < 1.29 is 4.52 Å². The maximum Gasteiger partial charge on any atom is 0.246 e.